The van der Waals surface area contributed by atoms with Crippen LogP contribution in [0.1, 0.15) is 61.3 Å². The summed E-state index contributed by atoms with van der Waals surface area (Å²) in [5.41, 5.74) is 6.84. The Balaban J connectivity index is 1.23. The van der Waals surface area contributed by atoms with Crippen LogP contribution >= 0.6 is 0 Å². The third-order valence-electron chi connectivity index (χ3n) is 7.42. The lowest BCUT2D eigenvalue weighted by atomic mass is 9.56. The molecule has 1 aliphatic heterocycles. The Hall–Kier alpha value is -2.30. The van der Waals surface area contributed by atoms with E-state index in [1.807, 2.05) is 6.92 Å². The predicted octanol–water partition coefficient (Wildman–Crippen LogP) is 5.05. The number of hydrogen-bond acceptors (Lipinski definition) is 4. The molecule has 2 aromatic rings. The highest BCUT2D eigenvalue weighted by atomic mass is 16.3. The fraction of sp³-hybridized carbons (Fsp3) is 0.565. The van der Waals surface area contributed by atoms with E-state index in [1.165, 1.54) is 43.2 Å². The summed E-state index contributed by atoms with van der Waals surface area (Å²) in [5, 5.41) is 4.80. The Morgan fingerprint density at radius 2 is 2.00 bits per heavy atom. The summed E-state index contributed by atoms with van der Waals surface area (Å²) in [6.07, 6.45) is 10.5. The third-order valence-corrected chi connectivity index (χ3v) is 7.42. The molecule has 0 bridgehead atoms. The molecule has 0 radical (unpaired) electrons. The fourth-order valence-corrected chi connectivity index (χ4v) is 5.92. The summed E-state index contributed by atoms with van der Waals surface area (Å²) in [7, 11) is 0. The summed E-state index contributed by atoms with van der Waals surface area (Å²) in [6.45, 7) is 3.72. The molecule has 5 nitrogen and oxygen atoms in total. The molecule has 1 saturated carbocycles. The first-order valence-corrected chi connectivity index (χ1v) is 10.6. The Morgan fingerprint density at radius 3 is 2.75 bits per heavy atom. The van der Waals surface area contributed by atoms with Crippen LogP contribution in [0.4, 0.5) is 0 Å². The molecular weight excluding hydrogens is 348 g/mol. The van der Waals surface area contributed by atoms with Crippen molar-refractivity contribution in [3.05, 3.63) is 52.3 Å². The minimum atomic E-state index is 0.516. The standard InChI is InChI=1S/C23H28N4O/c1-16-10-22(25-15-24-16)20-4-5-21-18(2-3-19(21)12-20)11-17-13-23(14-17)6-8-27(26-28)9-7-23/h4-5,10,12,15,17-18H,2-3,6-9,11,13-14H2,1H3/t18-/m0/s1. The van der Waals surface area contributed by atoms with Gasteiger partial charge in [0.1, 0.15) is 6.33 Å². The molecule has 2 aliphatic carbocycles. The van der Waals surface area contributed by atoms with Crippen LogP contribution in [0.5, 0.6) is 0 Å². The number of hydrogen-bond donors (Lipinski definition) is 0. The van der Waals surface area contributed by atoms with Crippen molar-refractivity contribution in [2.24, 2.45) is 16.6 Å². The van der Waals surface area contributed by atoms with Crippen molar-refractivity contribution >= 4 is 0 Å². The van der Waals surface area contributed by atoms with E-state index < -0.39 is 0 Å². The molecule has 28 heavy (non-hydrogen) atoms. The fourth-order valence-electron chi connectivity index (χ4n) is 5.92. The van der Waals surface area contributed by atoms with Crippen LogP contribution in [-0.4, -0.2) is 28.1 Å². The second-order valence-electron chi connectivity index (χ2n) is 9.24. The van der Waals surface area contributed by atoms with E-state index in [4.69, 9.17) is 0 Å². The number of piperidine rings is 1. The Bertz CT molecular complexity index is 880. The first kappa shape index (κ1) is 17.8. The van der Waals surface area contributed by atoms with Crippen molar-refractivity contribution in [3.63, 3.8) is 0 Å². The van der Waals surface area contributed by atoms with Gasteiger partial charge in [0, 0.05) is 24.3 Å². The lowest BCUT2D eigenvalue weighted by Crippen LogP contribution is -2.45. The van der Waals surface area contributed by atoms with Crippen molar-refractivity contribution in [1.29, 1.82) is 0 Å². The van der Waals surface area contributed by atoms with Crippen LogP contribution in [0.15, 0.2) is 35.9 Å². The molecule has 1 aromatic heterocycles. The lowest BCUT2D eigenvalue weighted by Gasteiger charge is -2.52. The third kappa shape index (κ3) is 3.21. The van der Waals surface area contributed by atoms with Crippen LogP contribution < -0.4 is 0 Å². The first-order chi connectivity index (χ1) is 13.6. The minimum Gasteiger partial charge on any atom is -0.261 e. The molecule has 146 valence electrons. The second kappa shape index (κ2) is 6.94. The summed E-state index contributed by atoms with van der Waals surface area (Å²) < 4.78 is 0. The molecule has 1 spiro atoms. The quantitative estimate of drug-likeness (QED) is 0.701. The maximum Gasteiger partial charge on any atom is 0.116 e. The van der Waals surface area contributed by atoms with Crippen molar-refractivity contribution in [1.82, 2.24) is 15.0 Å². The van der Waals surface area contributed by atoms with Crippen LogP contribution in [-0.2, 0) is 6.42 Å². The molecule has 3 aliphatic rings. The Labute approximate surface area is 166 Å². The predicted molar refractivity (Wildman–Crippen MR) is 110 cm³/mol. The molecule has 1 atom stereocenters. The van der Waals surface area contributed by atoms with Gasteiger partial charge < -0.3 is 0 Å². The average Bonchev–Trinajstić information content (AvgIpc) is 3.09. The van der Waals surface area contributed by atoms with E-state index in [-0.39, 0.29) is 0 Å². The monoisotopic (exact) mass is 376 g/mol. The number of nitrogens with zero attached hydrogens (tertiary/aromatic N) is 4. The molecule has 0 amide bonds. The van der Waals surface area contributed by atoms with E-state index in [2.05, 4.69) is 39.5 Å². The van der Waals surface area contributed by atoms with Crippen molar-refractivity contribution in [2.75, 3.05) is 13.1 Å². The summed E-state index contributed by atoms with van der Waals surface area (Å²) in [6, 6.07) is 9.00. The molecule has 2 fully saturated rings. The number of nitroso groups, excluding NO2 is 1. The van der Waals surface area contributed by atoms with Gasteiger partial charge in [0.2, 0.25) is 0 Å². The summed E-state index contributed by atoms with van der Waals surface area (Å²) >= 11 is 0. The molecule has 1 saturated heterocycles. The second-order valence-corrected chi connectivity index (χ2v) is 9.24. The van der Waals surface area contributed by atoms with Gasteiger partial charge >= 0.3 is 0 Å². The smallest absolute Gasteiger partial charge is 0.116 e. The molecule has 1 aromatic carbocycles. The molecule has 0 N–H and O–H groups in total. The average molecular weight is 377 g/mol. The number of aryl methyl sites for hydroxylation is 2. The van der Waals surface area contributed by atoms with Gasteiger partial charge in [-0.3, -0.25) is 5.01 Å². The van der Waals surface area contributed by atoms with E-state index in [9.17, 15) is 4.91 Å². The number of benzene rings is 1. The molecule has 2 heterocycles. The lowest BCUT2D eigenvalue weighted by molar-refractivity contribution is -0.0184. The molecule has 5 rings (SSSR count). The molecular formula is C23H28N4O. The van der Waals surface area contributed by atoms with Gasteiger partial charge in [-0.2, -0.15) is 0 Å². The van der Waals surface area contributed by atoms with Crippen LogP contribution in [0.25, 0.3) is 11.3 Å². The first-order valence-electron chi connectivity index (χ1n) is 10.6. The van der Waals surface area contributed by atoms with Gasteiger partial charge in [-0.15, -0.1) is 4.91 Å². The van der Waals surface area contributed by atoms with Crippen molar-refractivity contribution < 1.29 is 0 Å². The van der Waals surface area contributed by atoms with Gasteiger partial charge in [-0.25, -0.2) is 9.97 Å². The number of fused-ring (bicyclic) bond motifs is 1. The van der Waals surface area contributed by atoms with Gasteiger partial charge in [-0.1, -0.05) is 12.1 Å². The Morgan fingerprint density at radius 1 is 1.18 bits per heavy atom. The normalized spacial score (nSPS) is 23.5. The van der Waals surface area contributed by atoms with Crippen LogP contribution in [0.3, 0.4) is 0 Å². The zero-order valence-electron chi connectivity index (χ0n) is 16.6. The van der Waals surface area contributed by atoms with Gasteiger partial charge in [0.25, 0.3) is 0 Å². The highest BCUT2D eigenvalue weighted by molar-refractivity contribution is 5.62. The van der Waals surface area contributed by atoms with Crippen LogP contribution in [0.2, 0.25) is 0 Å². The van der Waals surface area contributed by atoms with Crippen molar-refractivity contribution in [3.8, 4) is 11.3 Å². The van der Waals surface area contributed by atoms with E-state index in [1.54, 1.807) is 16.9 Å². The van der Waals surface area contributed by atoms with E-state index in [0.29, 0.717) is 5.41 Å². The molecule has 0 unspecified atom stereocenters. The number of rotatable bonds is 4. The van der Waals surface area contributed by atoms with E-state index >= 15 is 0 Å². The minimum absolute atomic E-state index is 0.516. The number of aromatic nitrogens is 2. The zero-order valence-corrected chi connectivity index (χ0v) is 16.6. The zero-order chi connectivity index (χ0) is 19.1. The topological polar surface area (TPSA) is 58.5 Å². The van der Waals surface area contributed by atoms with Gasteiger partial charge in [0.05, 0.1) is 11.0 Å². The van der Waals surface area contributed by atoms with E-state index in [0.717, 1.165) is 49.2 Å². The largest absolute Gasteiger partial charge is 0.261 e. The van der Waals surface area contributed by atoms with Crippen molar-refractivity contribution in [2.45, 2.75) is 57.8 Å². The van der Waals surface area contributed by atoms with Gasteiger partial charge in [-0.05, 0) is 92.4 Å². The highest BCUT2D eigenvalue weighted by Crippen LogP contribution is 2.56. The SMILES string of the molecule is Cc1cc(-c2ccc3c(c2)CC[C@H]3CC2CC3(CCN(N=O)CC3)C2)ncn1. The van der Waals surface area contributed by atoms with Crippen LogP contribution in [0, 0.1) is 23.2 Å². The van der Waals surface area contributed by atoms with Gasteiger partial charge in [0.15, 0.2) is 0 Å². The summed E-state index contributed by atoms with van der Waals surface area (Å²) in [5.74, 6) is 1.58. The maximum absolute atomic E-state index is 10.7. The highest BCUT2D eigenvalue weighted by Gasteiger charge is 2.46. The maximum atomic E-state index is 10.7. The summed E-state index contributed by atoms with van der Waals surface area (Å²) in [4.78, 5) is 19.3. The Kier molecular flexibility index (Phi) is 4.41. The molecule has 5 heteroatoms.